The number of rotatable bonds is 7. The highest BCUT2D eigenvalue weighted by atomic mass is 16.6. The molecule has 110 valence electrons. The highest BCUT2D eigenvalue weighted by Crippen LogP contribution is 2.26. The number of benzene rings is 1. The van der Waals surface area contributed by atoms with Crippen molar-refractivity contribution in [2.45, 2.75) is 26.8 Å². The lowest BCUT2D eigenvalue weighted by Crippen LogP contribution is -2.33. The summed E-state index contributed by atoms with van der Waals surface area (Å²) < 4.78 is 5.07. The molecule has 20 heavy (non-hydrogen) atoms. The van der Waals surface area contributed by atoms with E-state index in [-0.39, 0.29) is 23.1 Å². The Labute approximate surface area is 118 Å². The van der Waals surface area contributed by atoms with Crippen molar-refractivity contribution in [3.8, 4) is 0 Å². The molecular formula is C14H20N2O4. The van der Waals surface area contributed by atoms with Crippen LogP contribution in [-0.4, -0.2) is 37.0 Å². The average molecular weight is 280 g/mol. The van der Waals surface area contributed by atoms with Gasteiger partial charge < -0.3 is 9.64 Å². The molecule has 0 saturated heterocycles. The zero-order valence-electron chi connectivity index (χ0n) is 12.3. The second-order valence-corrected chi connectivity index (χ2v) is 4.79. The molecule has 0 spiro atoms. The Bertz CT molecular complexity index is 500. The number of hydrogen-bond donors (Lipinski definition) is 0. The van der Waals surface area contributed by atoms with E-state index in [1.807, 2.05) is 18.7 Å². The molecule has 0 heterocycles. The lowest BCUT2D eigenvalue weighted by atomic mass is 10.1. The summed E-state index contributed by atoms with van der Waals surface area (Å²) in [6.45, 7) is 6.57. The van der Waals surface area contributed by atoms with Gasteiger partial charge in [-0.25, -0.2) is 0 Å². The van der Waals surface area contributed by atoms with Crippen molar-refractivity contribution < 1.29 is 14.5 Å². The minimum Gasteiger partial charge on any atom is -0.383 e. The van der Waals surface area contributed by atoms with E-state index in [2.05, 4.69) is 0 Å². The molecule has 0 unspecified atom stereocenters. The fourth-order valence-corrected chi connectivity index (χ4v) is 2.02. The van der Waals surface area contributed by atoms with Crippen LogP contribution in [0.2, 0.25) is 0 Å². The molecule has 6 heteroatoms. The van der Waals surface area contributed by atoms with Gasteiger partial charge in [0.15, 0.2) is 5.78 Å². The summed E-state index contributed by atoms with van der Waals surface area (Å²) in [6.07, 6.45) is 0. The van der Waals surface area contributed by atoms with Gasteiger partial charge in [0.25, 0.3) is 5.69 Å². The van der Waals surface area contributed by atoms with Crippen molar-refractivity contribution in [3.05, 3.63) is 33.9 Å². The number of ketones is 1. The molecular weight excluding hydrogens is 260 g/mol. The van der Waals surface area contributed by atoms with Crippen molar-refractivity contribution in [3.63, 3.8) is 0 Å². The predicted octanol–water partition coefficient (Wildman–Crippen LogP) is 2.66. The Morgan fingerprint density at radius 1 is 1.45 bits per heavy atom. The smallest absolute Gasteiger partial charge is 0.280 e. The molecule has 6 nitrogen and oxygen atoms in total. The van der Waals surface area contributed by atoms with E-state index in [1.54, 1.807) is 19.2 Å². The topological polar surface area (TPSA) is 72.7 Å². The summed E-state index contributed by atoms with van der Waals surface area (Å²) in [7, 11) is 1.62. The van der Waals surface area contributed by atoms with Gasteiger partial charge in [-0.1, -0.05) is 0 Å². The maximum absolute atomic E-state index is 11.6. The molecule has 0 aliphatic rings. The highest BCUT2D eigenvalue weighted by Gasteiger charge is 2.20. The molecule has 0 aromatic heterocycles. The van der Waals surface area contributed by atoms with E-state index in [0.717, 1.165) is 5.69 Å². The first-order valence-corrected chi connectivity index (χ1v) is 6.43. The lowest BCUT2D eigenvalue weighted by Gasteiger charge is -2.29. The molecule has 0 amide bonds. The Morgan fingerprint density at radius 2 is 2.10 bits per heavy atom. The van der Waals surface area contributed by atoms with E-state index >= 15 is 0 Å². The number of carbonyl (C=O) groups excluding carboxylic acids is 1. The van der Waals surface area contributed by atoms with Crippen LogP contribution in [-0.2, 0) is 4.74 Å². The third-order valence-electron chi connectivity index (χ3n) is 3.05. The molecule has 0 bridgehead atoms. The van der Waals surface area contributed by atoms with Crippen LogP contribution < -0.4 is 4.90 Å². The summed E-state index contributed by atoms with van der Waals surface area (Å²) in [5, 5.41) is 10.9. The Hall–Kier alpha value is -1.95. The molecule has 0 saturated carbocycles. The highest BCUT2D eigenvalue weighted by molar-refractivity contribution is 5.99. The molecule has 1 aromatic rings. The second kappa shape index (κ2) is 7.00. The summed E-state index contributed by atoms with van der Waals surface area (Å²) in [5.74, 6) is -0.311. The standard InChI is InChI=1S/C14H20N2O4/c1-10(2)15(7-8-20-4)12-5-6-14(16(18)19)13(9-12)11(3)17/h5-6,9-10H,7-8H2,1-4H3. The van der Waals surface area contributed by atoms with Crippen LogP contribution in [0.3, 0.4) is 0 Å². The van der Waals surface area contributed by atoms with E-state index in [0.29, 0.717) is 13.2 Å². The number of anilines is 1. The van der Waals surface area contributed by atoms with Crippen molar-refractivity contribution in [2.75, 3.05) is 25.2 Å². The summed E-state index contributed by atoms with van der Waals surface area (Å²) in [4.78, 5) is 24.0. The molecule has 0 fully saturated rings. The fourth-order valence-electron chi connectivity index (χ4n) is 2.02. The number of Topliss-reactive ketones (excluding diaryl/α,β-unsaturated/α-hetero) is 1. The first-order valence-electron chi connectivity index (χ1n) is 6.43. The van der Waals surface area contributed by atoms with Crippen molar-refractivity contribution >= 4 is 17.2 Å². The maximum Gasteiger partial charge on any atom is 0.280 e. The lowest BCUT2D eigenvalue weighted by molar-refractivity contribution is -0.385. The predicted molar refractivity (Wildman–Crippen MR) is 77.5 cm³/mol. The van der Waals surface area contributed by atoms with Gasteiger partial charge in [0.1, 0.15) is 0 Å². The van der Waals surface area contributed by atoms with Crippen LogP contribution in [0.15, 0.2) is 18.2 Å². The summed E-state index contributed by atoms with van der Waals surface area (Å²) in [6, 6.07) is 4.83. The number of nitrogens with zero attached hydrogens (tertiary/aromatic N) is 2. The van der Waals surface area contributed by atoms with Gasteiger partial charge in [-0.3, -0.25) is 14.9 Å². The SMILES string of the molecule is COCCN(c1ccc([N+](=O)[O-])c(C(C)=O)c1)C(C)C. The largest absolute Gasteiger partial charge is 0.383 e. The van der Waals surface area contributed by atoms with E-state index in [1.165, 1.54) is 13.0 Å². The van der Waals surface area contributed by atoms with Crippen molar-refractivity contribution in [1.29, 1.82) is 0 Å². The Morgan fingerprint density at radius 3 is 2.55 bits per heavy atom. The van der Waals surface area contributed by atoms with E-state index in [4.69, 9.17) is 4.74 Å². The minimum atomic E-state index is -0.532. The number of nitro benzene ring substituents is 1. The first kappa shape index (κ1) is 16.1. The maximum atomic E-state index is 11.6. The second-order valence-electron chi connectivity index (χ2n) is 4.79. The molecule has 0 N–H and O–H groups in total. The molecule has 0 atom stereocenters. The number of ether oxygens (including phenoxy) is 1. The average Bonchev–Trinajstić information content (AvgIpc) is 2.38. The van der Waals surface area contributed by atoms with Gasteiger partial charge in [-0.2, -0.15) is 0 Å². The van der Waals surface area contributed by atoms with Crippen LogP contribution in [0.4, 0.5) is 11.4 Å². The van der Waals surface area contributed by atoms with Crippen LogP contribution in [0.25, 0.3) is 0 Å². The third kappa shape index (κ3) is 3.77. The van der Waals surface area contributed by atoms with Crippen molar-refractivity contribution in [1.82, 2.24) is 0 Å². The fraction of sp³-hybridized carbons (Fsp3) is 0.500. The van der Waals surface area contributed by atoms with Crippen LogP contribution in [0.5, 0.6) is 0 Å². The quantitative estimate of drug-likeness (QED) is 0.436. The van der Waals surface area contributed by atoms with Gasteiger partial charge in [0.05, 0.1) is 17.1 Å². The van der Waals surface area contributed by atoms with Crippen molar-refractivity contribution in [2.24, 2.45) is 0 Å². The Kier molecular flexibility index (Phi) is 5.64. The van der Waals surface area contributed by atoms with Gasteiger partial charge in [0.2, 0.25) is 0 Å². The summed E-state index contributed by atoms with van der Waals surface area (Å²) in [5.41, 5.74) is 0.764. The van der Waals surface area contributed by atoms with Gasteiger partial charge in [-0.15, -0.1) is 0 Å². The number of methoxy groups -OCH3 is 1. The van der Waals surface area contributed by atoms with Crippen LogP contribution >= 0.6 is 0 Å². The normalized spacial score (nSPS) is 10.7. The minimum absolute atomic E-state index is 0.135. The van der Waals surface area contributed by atoms with Crippen LogP contribution in [0, 0.1) is 10.1 Å². The molecule has 0 radical (unpaired) electrons. The molecule has 1 rings (SSSR count). The third-order valence-corrected chi connectivity index (χ3v) is 3.05. The van der Waals surface area contributed by atoms with Crippen LogP contribution in [0.1, 0.15) is 31.1 Å². The van der Waals surface area contributed by atoms with E-state index in [9.17, 15) is 14.9 Å². The Balaban J connectivity index is 3.20. The monoisotopic (exact) mass is 280 g/mol. The molecule has 0 aliphatic heterocycles. The molecule has 0 aliphatic carbocycles. The first-order chi connectivity index (χ1) is 9.38. The zero-order valence-corrected chi connectivity index (χ0v) is 12.3. The molecule has 1 aromatic carbocycles. The van der Waals surface area contributed by atoms with Gasteiger partial charge in [-0.05, 0) is 32.9 Å². The van der Waals surface area contributed by atoms with Gasteiger partial charge in [0, 0.05) is 31.5 Å². The number of nitro groups is 1. The summed E-state index contributed by atoms with van der Waals surface area (Å²) >= 11 is 0. The van der Waals surface area contributed by atoms with Gasteiger partial charge >= 0.3 is 0 Å². The zero-order chi connectivity index (χ0) is 15.3. The number of hydrogen-bond acceptors (Lipinski definition) is 5. The van der Waals surface area contributed by atoms with E-state index < -0.39 is 4.92 Å². The number of carbonyl (C=O) groups is 1.